The SMILES string of the molecule is C#CCOCCCC(=O)c1ccc(CN(CCCCCCCNC(=O)CCCCC2SCC3NC(N)=NC32)CCCCCCCNC(=O)CCCCC2SCC3NC(N)=NC32)cc1. The van der Waals surface area contributed by atoms with Crippen LogP contribution in [0.15, 0.2) is 34.3 Å². The zero-order valence-electron chi connectivity index (χ0n) is 37.8. The van der Waals surface area contributed by atoms with Gasteiger partial charge in [0.2, 0.25) is 11.8 Å². The number of nitrogens with one attached hydrogen (secondary N) is 4. The maximum atomic E-state index is 12.7. The van der Waals surface area contributed by atoms with Crippen LogP contribution >= 0.6 is 23.5 Å². The maximum absolute atomic E-state index is 12.7. The average molecular weight is 908 g/mol. The molecule has 0 bridgehead atoms. The summed E-state index contributed by atoms with van der Waals surface area (Å²) in [6, 6.07) is 9.48. The van der Waals surface area contributed by atoms with Crippen LogP contribution in [0.3, 0.4) is 0 Å². The molecule has 0 spiro atoms. The van der Waals surface area contributed by atoms with Gasteiger partial charge < -0.3 is 37.5 Å². The van der Waals surface area contributed by atoms with Crippen molar-refractivity contribution in [3.63, 3.8) is 0 Å². The molecule has 4 heterocycles. The molecule has 1 aromatic carbocycles. The number of guanidine groups is 2. The molecule has 0 aliphatic carbocycles. The number of benzene rings is 1. The maximum Gasteiger partial charge on any atom is 0.219 e. The fourth-order valence-corrected chi connectivity index (χ4v) is 12.1. The van der Waals surface area contributed by atoms with E-state index in [0.29, 0.717) is 78.9 Å². The number of aliphatic imine (C=N–C) groups is 2. The lowest BCUT2D eigenvalue weighted by atomic mass is 10.0. The molecule has 0 radical (unpaired) electrons. The molecular weight excluding hydrogens is 831 g/mol. The molecule has 0 saturated carbocycles. The van der Waals surface area contributed by atoms with Gasteiger partial charge in [0.15, 0.2) is 17.7 Å². The highest BCUT2D eigenvalue weighted by Gasteiger charge is 2.41. The van der Waals surface area contributed by atoms with Gasteiger partial charge >= 0.3 is 0 Å². The number of ketones is 1. The van der Waals surface area contributed by atoms with Crippen molar-refractivity contribution in [1.82, 2.24) is 26.2 Å². The van der Waals surface area contributed by atoms with E-state index in [1.54, 1.807) is 0 Å². The second-order valence-electron chi connectivity index (χ2n) is 17.7. The molecule has 63 heavy (non-hydrogen) atoms. The molecule has 2 amide bonds. The second-order valence-corrected chi connectivity index (χ2v) is 20.3. The molecule has 1 aromatic rings. The van der Waals surface area contributed by atoms with E-state index >= 15 is 0 Å². The van der Waals surface area contributed by atoms with E-state index in [9.17, 15) is 14.4 Å². The number of ether oxygens (including phenoxy) is 1. The molecule has 5 rings (SSSR count). The molecule has 2 saturated heterocycles. The van der Waals surface area contributed by atoms with Crippen LogP contribution in [0, 0.1) is 12.3 Å². The third-order valence-corrected chi connectivity index (χ3v) is 15.6. The Kier molecular flexibility index (Phi) is 23.4. The third-order valence-electron chi connectivity index (χ3n) is 12.6. The minimum absolute atomic E-state index is 0.134. The van der Waals surface area contributed by atoms with Crippen LogP contribution in [0.2, 0.25) is 0 Å². The molecule has 0 aromatic heterocycles. The Morgan fingerprint density at radius 2 is 1.21 bits per heavy atom. The van der Waals surface area contributed by atoms with Crippen molar-refractivity contribution in [2.75, 3.05) is 50.9 Å². The van der Waals surface area contributed by atoms with Gasteiger partial charge in [-0.1, -0.05) is 81.6 Å². The minimum atomic E-state index is 0.134. The number of fused-ring (bicyclic) bond motifs is 2. The molecule has 13 nitrogen and oxygen atoms in total. The Hall–Kier alpha value is -3.45. The molecule has 4 aliphatic rings. The third kappa shape index (κ3) is 18.9. The molecule has 4 aliphatic heterocycles. The summed E-state index contributed by atoms with van der Waals surface area (Å²) in [5.41, 5.74) is 13.7. The molecular formula is C48H77N9O4S2. The van der Waals surface area contributed by atoms with E-state index in [2.05, 4.69) is 54.2 Å². The van der Waals surface area contributed by atoms with Crippen LogP contribution in [-0.2, 0) is 20.9 Å². The zero-order chi connectivity index (χ0) is 44.5. The van der Waals surface area contributed by atoms with Crippen molar-refractivity contribution >= 4 is 53.0 Å². The van der Waals surface area contributed by atoms with Gasteiger partial charge in [-0.2, -0.15) is 23.5 Å². The highest BCUT2D eigenvalue weighted by Crippen LogP contribution is 2.36. The lowest BCUT2D eigenvalue weighted by molar-refractivity contribution is -0.122. The van der Waals surface area contributed by atoms with Crippen LogP contribution in [0.1, 0.15) is 144 Å². The number of terminal acetylenes is 1. The standard InChI is InChI=1S/C48H77N9O4S2/c1-2-31-61-32-17-18-40(58)37-25-23-36(24-26-37)33-57(29-15-7-3-5-13-27-51-43(59)21-11-9-19-41-45-38(34-62-41)53-47(49)55-45)30-16-8-4-6-14-28-52-44(60)22-12-10-20-42-46-39(35-63-42)54-48(50)56-46/h1,23-26,38-39,41-42,45-46H,3-22,27-35H2,(H,51,59)(H,52,60)(H3,49,53,55)(H3,50,54,56). The van der Waals surface area contributed by atoms with Crippen molar-refractivity contribution < 1.29 is 19.1 Å². The number of amides is 2. The summed E-state index contributed by atoms with van der Waals surface area (Å²) in [4.78, 5) is 49.3. The predicted molar refractivity (Wildman–Crippen MR) is 261 cm³/mol. The van der Waals surface area contributed by atoms with Gasteiger partial charge in [0.05, 0.1) is 24.2 Å². The Morgan fingerprint density at radius 3 is 1.73 bits per heavy atom. The van der Waals surface area contributed by atoms with Crippen LogP contribution in [0.25, 0.3) is 0 Å². The van der Waals surface area contributed by atoms with E-state index < -0.39 is 0 Å². The van der Waals surface area contributed by atoms with Crippen molar-refractivity contribution in [3.8, 4) is 12.3 Å². The monoisotopic (exact) mass is 908 g/mol. The number of unbranched alkanes of at least 4 members (excludes halogenated alkanes) is 10. The summed E-state index contributed by atoms with van der Waals surface area (Å²) < 4.78 is 5.32. The average Bonchev–Trinajstić information content (AvgIpc) is 4.04. The number of rotatable bonds is 34. The number of nitrogens with zero attached hydrogens (tertiary/aromatic N) is 3. The van der Waals surface area contributed by atoms with Crippen molar-refractivity contribution in [2.24, 2.45) is 21.5 Å². The lowest BCUT2D eigenvalue weighted by Crippen LogP contribution is -2.38. The van der Waals surface area contributed by atoms with Gasteiger partial charge in [-0.3, -0.25) is 19.3 Å². The van der Waals surface area contributed by atoms with Crippen molar-refractivity contribution in [3.05, 3.63) is 35.4 Å². The Bertz CT molecular complexity index is 1560. The number of thioether (sulfide) groups is 2. The highest BCUT2D eigenvalue weighted by molar-refractivity contribution is 8.00. The smallest absolute Gasteiger partial charge is 0.219 e. The summed E-state index contributed by atoms with van der Waals surface area (Å²) in [6.45, 7) is 5.23. The van der Waals surface area contributed by atoms with Gasteiger partial charge in [-0.25, -0.2) is 9.98 Å². The molecule has 6 unspecified atom stereocenters. The predicted octanol–water partition coefficient (Wildman–Crippen LogP) is 5.90. The van der Waals surface area contributed by atoms with Gasteiger partial charge in [0.25, 0.3) is 0 Å². The van der Waals surface area contributed by atoms with E-state index in [0.717, 1.165) is 140 Å². The fourth-order valence-electron chi connectivity index (χ4n) is 9.06. The first kappa shape index (κ1) is 50.5. The van der Waals surface area contributed by atoms with E-state index in [1.165, 1.54) is 18.4 Å². The first-order valence-electron chi connectivity index (χ1n) is 24.1. The van der Waals surface area contributed by atoms with Crippen LogP contribution in [0.5, 0.6) is 0 Å². The number of hydrogen-bond donors (Lipinski definition) is 6. The molecule has 6 atom stereocenters. The lowest BCUT2D eigenvalue weighted by Gasteiger charge is -2.23. The highest BCUT2D eigenvalue weighted by atomic mass is 32.2. The van der Waals surface area contributed by atoms with Crippen molar-refractivity contribution in [1.29, 1.82) is 0 Å². The number of carbonyl (C=O) groups excluding carboxylic acids is 3. The quantitative estimate of drug-likeness (QED) is 0.0275. The molecule has 15 heteroatoms. The largest absolute Gasteiger partial charge is 0.370 e. The fraction of sp³-hybridized carbons (Fsp3) is 0.729. The zero-order valence-corrected chi connectivity index (χ0v) is 39.4. The summed E-state index contributed by atoms with van der Waals surface area (Å²) in [6.07, 6.45) is 24.9. The number of nitrogens with two attached hydrogens (primary N) is 2. The Labute approximate surface area is 386 Å². The summed E-state index contributed by atoms with van der Waals surface area (Å²) in [5.74, 6) is 6.20. The van der Waals surface area contributed by atoms with Crippen LogP contribution in [-0.4, -0.2) is 120 Å². The minimum Gasteiger partial charge on any atom is -0.370 e. The summed E-state index contributed by atoms with van der Waals surface area (Å²) >= 11 is 3.96. The van der Waals surface area contributed by atoms with Gasteiger partial charge in [-0.15, -0.1) is 6.42 Å². The number of hydrogen-bond acceptors (Lipinski definition) is 13. The van der Waals surface area contributed by atoms with Crippen LogP contribution < -0.4 is 32.7 Å². The molecule has 350 valence electrons. The Balaban J connectivity index is 0.901. The number of Topliss-reactive ketones (excluding diaryl/α,β-unsaturated/α-hetero) is 1. The summed E-state index contributed by atoms with van der Waals surface area (Å²) in [7, 11) is 0. The topological polar surface area (TPSA) is 189 Å². The first-order valence-corrected chi connectivity index (χ1v) is 26.2. The number of carbonyl (C=O) groups is 3. The normalized spacial score (nSPS) is 22.2. The first-order chi connectivity index (χ1) is 30.8. The van der Waals surface area contributed by atoms with Crippen molar-refractivity contribution in [2.45, 2.75) is 170 Å². The summed E-state index contributed by atoms with van der Waals surface area (Å²) in [5, 5.41) is 13.8. The van der Waals surface area contributed by atoms with E-state index in [1.807, 2.05) is 35.7 Å². The second kappa shape index (κ2) is 29.2. The van der Waals surface area contributed by atoms with E-state index in [-0.39, 0.29) is 24.2 Å². The molecule has 2 fully saturated rings. The van der Waals surface area contributed by atoms with Gasteiger partial charge in [-0.05, 0) is 76.4 Å². The van der Waals surface area contributed by atoms with Gasteiger partial charge in [0.1, 0.15) is 6.61 Å². The van der Waals surface area contributed by atoms with Crippen LogP contribution in [0.4, 0.5) is 0 Å². The van der Waals surface area contributed by atoms with Gasteiger partial charge in [0, 0.05) is 73.1 Å². The molecule has 8 N–H and O–H groups in total. The Morgan fingerprint density at radius 1 is 0.698 bits per heavy atom. The van der Waals surface area contributed by atoms with E-state index in [4.69, 9.17) is 22.6 Å².